The second kappa shape index (κ2) is 4.37. The SMILES string of the molecule is CC1(CNCCN2CCNC2=O)COC1. The molecule has 0 aliphatic carbocycles. The summed E-state index contributed by atoms with van der Waals surface area (Å²) in [6.45, 7) is 8.17. The lowest BCUT2D eigenvalue weighted by Crippen LogP contribution is -2.48. The van der Waals surface area contributed by atoms with E-state index in [0.29, 0.717) is 5.41 Å². The van der Waals surface area contributed by atoms with E-state index < -0.39 is 0 Å². The van der Waals surface area contributed by atoms with Crippen LogP contribution in [0.25, 0.3) is 0 Å². The molecule has 0 unspecified atom stereocenters. The van der Waals surface area contributed by atoms with Crippen molar-refractivity contribution in [2.45, 2.75) is 6.92 Å². The molecule has 0 aromatic carbocycles. The van der Waals surface area contributed by atoms with Crippen molar-refractivity contribution >= 4 is 6.03 Å². The Hall–Kier alpha value is -0.810. The Morgan fingerprint density at radius 2 is 2.40 bits per heavy atom. The zero-order chi connectivity index (χ0) is 10.7. The standard InChI is InChI=1S/C10H19N3O2/c1-10(7-15-8-10)6-11-2-4-13-5-3-12-9(13)14/h11H,2-8H2,1H3,(H,12,14). The van der Waals surface area contributed by atoms with Crippen LogP contribution in [0, 0.1) is 5.41 Å². The number of hydrogen-bond acceptors (Lipinski definition) is 3. The van der Waals surface area contributed by atoms with E-state index in [0.717, 1.165) is 45.9 Å². The maximum absolute atomic E-state index is 11.2. The molecule has 0 spiro atoms. The van der Waals surface area contributed by atoms with Crippen LogP contribution in [0.4, 0.5) is 4.79 Å². The maximum Gasteiger partial charge on any atom is 0.317 e. The minimum atomic E-state index is 0.0648. The van der Waals surface area contributed by atoms with Gasteiger partial charge in [-0.3, -0.25) is 0 Å². The summed E-state index contributed by atoms with van der Waals surface area (Å²) in [6, 6.07) is 0.0648. The summed E-state index contributed by atoms with van der Waals surface area (Å²) < 4.78 is 5.17. The van der Waals surface area contributed by atoms with Gasteiger partial charge in [0.25, 0.3) is 0 Å². The average molecular weight is 213 g/mol. The Bertz CT molecular complexity index is 241. The molecular weight excluding hydrogens is 194 g/mol. The van der Waals surface area contributed by atoms with Crippen LogP contribution in [0.2, 0.25) is 0 Å². The van der Waals surface area contributed by atoms with Crippen LogP contribution in [0.15, 0.2) is 0 Å². The summed E-state index contributed by atoms with van der Waals surface area (Å²) in [7, 11) is 0. The normalized spacial score (nSPS) is 23.8. The van der Waals surface area contributed by atoms with Crippen LogP contribution < -0.4 is 10.6 Å². The molecule has 0 aromatic rings. The van der Waals surface area contributed by atoms with Crippen molar-refractivity contribution in [1.82, 2.24) is 15.5 Å². The fourth-order valence-corrected chi connectivity index (χ4v) is 1.88. The van der Waals surface area contributed by atoms with Crippen LogP contribution in [0.5, 0.6) is 0 Å². The summed E-state index contributed by atoms with van der Waals surface area (Å²) in [5.74, 6) is 0. The summed E-state index contributed by atoms with van der Waals surface area (Å²) in [4.78, 5) is 13.0. The highest BCUT2D eigenvalue weighted by atomic mass is 16.5. The third-order valence-electron chi connectivity index (χ3n) is 2.96. The first-order chi connectivity index (χ1) is 7.20. The maximum atomic E-state index is 11.2. The molecule has 2 aliphatic rings. The van der Waals surface area contributed by atoms with E-state index in [4.69, 9.17) is 4.74 Å². The second-order valence-corrected chi connectivity index (χ2v) is 4.70. The molecule has 0 radical (unpaired) electrons. The van der Waals surface area contributed by atoms with Crippen LogP contribution in [-0.2, 0) is 4.74 Å². The highest BCUT2D eigenvalue weighted by molar-refractivity contribution is 5.76. The highest BCUT2D eigenvalue weighted by Crippen LogP contribution is 2.24. The largest absolute Gasteiger partial charge is 0.380 e. The van der Waals surface area contributed by atoms with E-state index in [1.807, 2.05) is 4.90 Å². The summed E-state index contributed by atoms with van der Waals surface area (Å²) >= 11 is 0. The van der Waals surface area contributed by atoms with Crippen molar-refractivity contribution in [2.24, 2.45) is 5.41 Å². The van der Waals surface area contributed by atoms with Gasteiger partial charge in [-0.05, 0) is 0 Å². The second-order valence-electron chi connectivity index (χ2n) is 4.70. The number of carbonyl (C=O) groups excluding carboxylic acids is 1. The number of rotatable bonds is 5. The third kappa shape index (κ3) is 2.60. The van der Waals surface area contributed by atoms with Crippen molar-refractivity contribution in [3.8, 4) is 0 Å². The molecule has 15 heavy (non-hydrogen) atoms. The van der Waals surface area contributed by atoms with Gasteiger partial charge in [0.1, 0.15) is 0 Å². The highest BCUT2D eigenvalue weighted by Gasteiger charge is 2.32. The van der Waals surface area contributed by atoms with E-state index >= 15 is 0 Å². The molecular formula is C10H19N3O2. The Labute approximate surface area is 90.1 Å². The predicted octanol–water partition coefficient (Wildman–Crippen LogP) is -0.362. The van der Waals surface area contributed by atoms with Gasteiger partial charge < -0.3 is 20.3 Å². The van der Waals surface area contributed by atoms with Crippen molar-refractivity contribution in [3.63, 3.8) is 0 Å². The zero-order valence-corrected chi connectivity index (χ0v) is 9.21. The molecule has 2 heterocycles. The molecule has 5 heteroatoms. The van der Waals surface area contributed by atoms with Gasteiger partial charge in [0.15, 0.2) is 0 Å². The van der Waals surface area contributed by atoms with Gasteiger partial charge >= 0.3 is 6.03 Å². The fraction of sp³-hybridized carbons (Fsp3) is 0.900. The van der Waals surface area contributed by atoms with Crippen molar-refractivity contribution in [3.05, 3.63) is 0 Å². The quantitative estimate of drug-likeness (QED) is 0.613. The third-order valence-corrected chi connectivity index (χ3v) is 2.96. The summed E-state index contributed by atoms with van der Waals surface area (Å²) in [5.41, 5.74) is 0.313. The van der Waals surface area contributed by atoms with Gasteiger partial charge in [0, 0.05) is 38.1 Å². The number of nitrogens with zero attached hydrogens (tertiary/aromatic N) is 1. The topological polar surface area (TPSA) is 53.6 Å². The van der Waals surface area contributed by atoms with Gasteiger partial charge in [0.2, 0.25) is 0 Å². The minimum absolute atomic E-state index is 0.0648. The van der Waals surface area contributed by atoms with Crippen molar-refractivity contribution in [1.29, 1.82) is 0 Å². The molecule has 0 saturated carbocycles. The number of ether oxygens (including phenoxy) is 1. The van der Waals surface area contributed by atoms with Crippen LogP contribution >= 0.6 is 0 Å². The lowest BCUT2D eigenvalue weighted by molar-refractivity contribution is -0.0989. The van der Waals surface area contributed by atoms with Crippen molar-refractivity contribution in [2.75, 3.05) is 45.9 Å². The molecule has 2 fully saturated rings. The molecule has 2 rings (SSSR count). The monoisotopic (exact) mass is 213 g/mol. The number of hydrogen-bond donors (Lipinski definition) is 2. The molecule has 5 nitrogen and oxygen atoms in total. The zero-order valence-electron chi connectivity index (χ0n) is 9.21. The minimum Gasteiger partial charge on any atom is -0.380 e. The van der Waals surface area contributed by atoms with E-state index in [1.165, 1.54) is 0 Å². The summed E-state index contributed by atoms with van der Waals surface area (Å²) in [5, 5.41) is 6.16. The predicted molar refractivity (Wildman–Crippen MR) is 56.8 cm³/mol. The molecule has 0 aromatic heterocycles. The Morgan fingerprint density at radius 3 is 2.93 bits per heavy atom. The smallest absolute Gasteiger partial charge is 0.317 e. The number of nitrogens with one attached hydrogen (secondary N) is 2. The van der Waals surface area contributed by atoms with E-state index in [9.17, 15) is 4.79 Å². The van der Waals surface area contributed by atoms with E-state index in [1.54, 1.807) is 0 Å². The number of urea groups is 1. The molecule has 86 valence electrons. The Morgan fingerprint density at radius 1 is 1.60 bits per heavy atom. The van der Waals surface area contributed by atoms with Gasteiger partial charge in [-0.2, -0.15) is 0 Å². The van der Waals surface area contributed by atoms with E-state index in [2.05, 4.69) is 17.6 Å². The Kier molecular flexibility index (Phi) is 3.11. The van der Waals surface area contributed by atoms with Crippen LogP contribution in [-0.4, -0.2) is 56.9 Å². The first-order valence-corrected chi connectivity index (χ1v) is 5.51. The van der Waals surface area contributed by atoms with Gasteiger partial charge in [-0.1, -0.05) is 6.92 Å². The molecule has 0 bridgehead atoms. The van der Waals surface area contributed by atoms with E-state index in [-0.39, 0.29) is 6.03 Å². The van der Waals surface area contributed by atoms with Gasteiger partial charge in [0.05, 0.1) is 13.2 Å². The van der Waals surface area contributed by atoms with Crippen LogP contribution in [0.1, 0.15) is 6.92 Å². The van der Waals surface area contributed by atoms with Gasteiger partial charge in [-0.25, -0.2) is 4.79 Å². The lowest BCUT2D eigenvalue weighted by atomic mass is 9.89. The molecule has 2 aliphatic heterocycles. The molecule has 2 saturated heterocycles. The van der Waals surface area contributed by atoms with Crippen molar-refractivity contribution < 1.29 is 9.53 Å². The first kappa shape index (κ1) is 10.7. The molecule has 2 N–H and O–H groups in total. The first-order valence-electron chi connectivity index (χ1n) is 5.51. The fourth-order valence-electron chi connectivity index (χ4n) is 1.88. The van der Waals surface area contributed by atoms with Crippen LogP contribution in [0.3, 0.4) is 0 Å². The summed E-state index contributed by atoms with van der Waals surface area (Å²) in [6.07, 6.45) is 0. The number of carbonyl (C=O) groups is 1. The molecule has 2 amide bonds. The lowest BCUT2D eigenvalue weighted by Gasteiger charge is -2.38. The molecule has 0 atom stereocenters. The van der Waals surface area contributed by atoms with Gasteiger partial charge in [-0.15, -0.1) is 0 Å². The Balaban J connectivity index is 1.56. The average Bonchev–Trinajstić information content (AvgIpc) is 2.56. The number of amides is 2.